The molecule has 0 aliphatic rings. The second kappa shape index (κ2) is 8.24. The number of hydrogen-bond acceptors (Lipinski definition) is 5. The molecule has 26 heavy (non-hydrogen) atoms. The monoisotopic (exact) mass is 358 g/mol. The Hall–Kier alpha value is -3.22. The van der Waals surface area contributed by atoms with Gasteiger partial charge in [-0.25, -0.2) is 0 Å². The predicted octanol–water partition coefficient (Wildman–Crippen LogP) is 2.53. The lowest BCUT2D eigenvalue weighted by Crippen LogP contribution is -2.36. The summed E-state index contributed by atoms with van der Waals surface area (Å²) in [6.45, 7) is 3.56. The van der Waals surface area contributed by atoms with Gasteiger partial charge in [-0.3, -0.25) is 9.59 Å². The number of phenolic OH excluding ortho intramolecular Hbond substituents is 1. The van der Waals surface area contributed by atoms with E-state index >= 15 is 0 Å². The zero-order valence-corrected chi connectivity index (χ0v) is 15.1. The Kier molecular flexibility index (Phi) is 6.06. The van der Waals surface area contributed by atoms with Gasteiger partial charge in [0.15, 0.2) is 11.5 Å². The van der Waals surface area contributed by atoms with Crippen molar-refractivity contribution in [3.63, 3.8) is 0 Å². The van der Waals surface area contributed by atoms with Crippen molar-refractivity contribution in [1.82, 2.24) is 5.32 Å². The molecule has 2 aromatic rings. The molecule has 0 heterocycles. The van der Waals surface area contributed by atoms with Gasteiger partial charge in [-0.05, 0) is 49.2 Å². The van der Waals surface area contributed by atoms with Gasteiger partial charge in [0.05, 0.1) is 25.9 Å². The summed E-state index contributed by atoms with van der Waals surface area (Å²) in [6, 6.07) is 9.53. The number of amides is 2. The second-order valence-corrected chi connectivity index (χ2v) is 5.78. The van der Waals surface area contributed by atoms with E-state index in [1.807, 2.05) is 6.92 Å². The maximum atomic E-state index is 12.1. The Morgan fingerprint density at radius 1 is 1.00 bits per heavy atom. The first-order valence-corrected chi connectivity index (χ1v) is 7.99. The van der Waals surface area contributed by atoms with Crippen molar-refractivity contribution in [2.24, 2.45) is 0 Å². The van der Waals surface area contributed by atoms with Gasteiger partial charge in [0, 0.05) is 0 Å². The predicted molar refractivity (Wildman–Crippen MR) is 97.6 cm³/mol. The van der Waals surface area contributed by atoms with E-state index in [2.05, 4.69) is 10.6 Å². The molecule has 0 bridgehead atoms. The van der Waals surface area contributed by atoms with Gasteiger partial charge < -0.3 is 25.2 Å². The van der Waals surface area contributed by atoms with Crippen LogP contribution in [-0.2, 0) is 9.59 Å². The standard InChI is InChI=1S/C19H22N2O5/c1-11-5-7-15(22)14(9-11)21-19(24)18(23)20-12(2)13-6-8-16(25-3)17(10-13)26-4/h5-10,12,22H,1-4H3,(H,20,23)(H,21,24). The van der Waals surface area contributed by atoms with E-state index in [0.29, 0.717) is 11.5 Å². The van der Waals surface area contributed by atoms with Gasteiger partial charge in [0.1, 0.15) is 5.75 Å². The average molecular weight is 358 g/mol. The van der Waals surface area contributed by atoms with E-state index in [0.717, 1.165) is 11.1 Å². The lowest BCUT2D eigenvalue weighted by Gasteiger charge is -2.16. The third-order valence-electron chi connectivity index (χ3n) is 3.86. The molecule has 2 aromatic carbocycles. The first-order valence-electron chi connectivity index (χ1n) is 7.99. The minimum absolute atomic E-state index is 0.107. The minimum Gasteiger partial charge on any atom is -0.506 e. The lowest BCUT2D eigenvalue weighted by atomic mass is 10.1. The number of carbonyl (C=O) groups is 2. The molecule has 1 unspecified atom stereocenters. The van der Waals surface area contributed by atoms with Gasteiger partial charge in [0.2, 0.25) is 0 Å². The van der Waals surface area contributed by atoms with Crippen LogP contribution in [0.5, 0.6) is 17.2 Å². The quantitative estimate of drug-likeness (QED) is 0.564. The Balaban J connectivity index is 2.06. The number of aryl methyl sites for hydroxylation is 1. The summed E-state index contributed by atoms with van der Waals surface area (Å²) in [7, 11) is 3.06. The van der Waals surface area contributed by atoms with Crippen LogP contribution < -0.4 is 20.1 Å². The zero-order valence-electron chi connectivity index (χ0n) is 15.1. The molecule has 2 rings (SSSR count). The Labute approximate surface area is 151 Å². The number of rotatable bonds is 5. The summed E-state index contributed by atoms with van der Waals surface area (Å²) >= 11 is 0. The number of hydrogen-bond donors (Lipinski definition) is 3. The molecular formula is C19H22N2O5. The molecule has 0 saturated carbocycles. The minimum atomic E-state index is -0.863. The fraction of sp³-hybridized carbons (Fsp3) is 0.263. The number of carbonyl (C=O) groups excluding carboxylic acids is 2. The van der Waals surface area contributed by atoms with Gasteiger partial charge in [-0.2, -0.15) is 0 Å². The van der Waals surface area contributed by atoms with Crippen molar-refractivity contribution in [1.29, 1.82) is 0 Å². The summed E-state index contributed by atoms with van der Waals surface area (Å²) in [5, 5.41) is 14.8. The highest BCUT2D eigenvalue weighted by Gasteiger charge is 2.19. The first kappa shape index (κ1) is 19.1. The van der Waals surface area contributed by atoms with Crippen LogP contribution in [0.1, 0.15) is 24.1 Å². The highest BCUT2D eigenvalue weighted by Crippen LogP contribution is 2.30. The van der Waals surface area contributed by atoms with Gasteiger partial charge >= 0.3 is 11.8 Å². The zero-order chi connectivity index (χ0) is 19.3. The topological polar surface area (TPSA) is 96.9 Å². The van der Waals surface area contributed by atoms with E-state index in [1.165, 1.54) is 20.3 Å². The normalized spacial score (nSPS) is 11.4. The Bertz CT molecular complexity index is 820. The number of methoxy groups -OCH3 is 2. The molecule has 0 aliphatic heterocycles. The fourth-order valence-corrected chi connectivity index (χ4v) is 2.40. The molecule has 0 radical (unpaired) electrons. The maximum absolute atomic E-state index is 12.1. The van der Waals surface area contributed by atoms with Crippen molar-refractivity contribution >= 4 is 17.5 Å². The number of benzene rings is 2. The van der Waals surface area contributed by atoms with Gasteiger partial charge in [0.25, 0.3) is 0 Å². The average Bonchev–Trinajstić information content (AvgIpc) is 2.63. The van der Waals surface area contributed by atoms with Crippen LogP contribution in [0.3, 0.4) is 0 Å². The highest BCUT2D eigenvalue weighted by molar-refractivity contribution is 6.39. The lowest BCUT2D eigenvalue weighted by molar-refractivity contribution is -0.136. The van der Waals surface area contributed by atoms with E-state index in [4.69, 9.17) is 9.47 Å². The van der Waals surface area contributed by atoms with E-state index in [-0.39, 0.29) is 11.4 Å². The van der Waals surface area contributed by atoms with Crippen molar-refractivity contribution in [3.05, 3.63) is 47.5 Å². The molecule has 0 aromatic heterocycles. The van der Waals surface area contributed by atoms with Crippen LogP contribution in [0.4, 0.5) is 5.69 Å². The van der Waals surface area contributed by atoms with Crippen LogP contribution in [0.15, 0.2) is 36.4 Å². The van der Waals surface area contributed by atoms with Gasteiger partial charge in [-0.15, -0.1) is 0 Å². The number of phenols is 1. The molecule has 0 saturated heterocycles. The largest absolute Gasteiger partial charge is 0.506 e. The SMILES string of the molecule is COc1ccc(C(C)NC(=O)C(=O)Nc2cc(C)ccc2O)cc1OC. The van der Waals surface area contributed by atoms with E-state index in [1.54, 1.807) is 37.3 Å². The van der Waals surface area contributed by atoms with Crippen molar-refractivity contribution in [2.75, 3.05) is 19.5 Å². The number of anilines is 1. The van der Waals surface area contributed by atoms with Crippen LogP contribution in [-0.4, -0.2) is 31.1 Å². The van der Waals surface area contributed by atoms with Crippen LogP contribution in [0.25, 0.3) is 0 Å². The second-order valence-electron chi connectivity index (χ2n) is 5.78. The molecule has 7 heteroatoms. The highest BCUT2D eigenvalue weighted by atomic mass is 16.5. The molecule has 138 valence electrons. The van der Waals surface area contributed by atoms with E-state index < -0.39 is 17.9 Å². The smallest absolute Gasteiger partial charge is 0.313 e. The summed E-state index contributed by atoms with van der Waals surface area (Å²) in [4.78, 5) is 24.2. The molecule has 2 amide bonds. The summed E-state index contributed by atoms with van der Waals surface area (Å²) in [5.74, 6) is -0.682. The number of nitrogens with one attached hydrogen (secondary N) is 2. The Morgan fingerprint density at radius 3 is 2.35 bits per heavy atom. The van der Waals surface area contributed by atoms with E-state index in [9.17, 15) is 14.7 Å². The van der Waals surface area contributed by atoms with Gasteiger partial charge in [-0.1, -0.05) is 12.1 Å². The van der Waals surface area contributed by atoms with Crippen molar-refractivity contribution < 1.29 is 24.2 Å². The van der Waals surface area contributed by atoms with Crippen LogP contribution >= 0.6 is 0 Å². The van der Waals surface area contributed by atoms with Crippen LogP contribution in [0, 0.1) is 6.92 Å². The molecule has 0 spiro atoms. The summed E-state index contributed by atoms with van der Waals surface area (Å²) in [5.41, 5.74) is 1.78. The number of ether oxygens (including phenoxy) is 2. The summed E-state index contributed by atoms with van der Waals surface area (Å²) < 4.78 is 10.4. The maximum Gasteiger partial charge on any atom is 0.313 e. The first-order chi connectivity index (χ1) is 12.3. The molecular weight excluding hydrogens is 336 g/mol. The third-order valence-corrected chi connectivity index (χ3v) is 3.86. The third kappa shape index (κ3) is 4.44. The molecule has 1 atom stereocenters. The molecule has 0 fully saturated rings. The fourth-order valence-electron chi connectivity index (χ4n) is 2.40. The Morgan fingerprint density at radius 2 is 1.69 bits per heavy atom. The summed E-state index contributed by atoms with van der Waals surface area (Å²) in [6.07, 6.45) is 0. The van der Waals surface area contributed by atoms with Crippen LogP contribution in [0.2, 0.25) is 0 Å². The molecule has 3 N–H and O–H groups in total. The van der Waals surface area contributed by atoms with Crippen molar-refractivity contribution in [3.8, 4) is 17.2 Å². The molecule has 0 aliphatic carbocycles. The van der Waals surface area contributed by atoms with Crippen molar-refractivity contribution in [2.45, 2.75) is 19.9 Å². The molecule has 7 nitrogen and oxygen atoms in total. The number of aromatic hydroxyl groups is 1.